The Hall–Kier alpha value is -1.12. The number of nitrogens with zero attached hydrogens (tertiary/aromatic N) is 2. The summed E-state index contributed by atoms with van der Waals surface area (Å²) >= 11 is 0. The fourth-order valence-electron chi connectivity index (χ4n) is 2.01. The number of aldehydes is 1. The van der Waals surface area contributed by atoms with Crippen LogP contribution < -0.4 is 0 Å². The maximum atomic E-state index is 10.7. The van der Waals surface area contributed by atoms with Gasteiger partial charge < -0.3 is 4.57 Å². The number of aryl methyl sites for hydroxylation is 1. The largest absolute Gasteiger partial charge is 0.331 e. The van der Waals surface area contributed by atoms with E-state index < -0.39 is 0 Å². The molecule has 3 nitrogen and oxygen atoms in total. The van der Waals surface area contributed by atoms with Crippen LogP contribution in [-0.2, 0) is 19.4 Å². The maximum Gasteiger partial charge on any atom is 0.170 e. The normalized spacial score (nSPS) is 15.5. The Morgan fingerprint density at radius 1 is 1.54 bits per heavy atom. The first-order valence-corrected chi connectivity index (χ1v) is 4.90. The third kappa shape index (κ3) is 1.28. The first kappa shape index (κ1) is 8.48. The van der Waals surface area contributed by atoms with Crippen LogP contribution in [0, 0.1) is 0 Å². The number of hydrogen-bond donors (Lipinski definition) is 0. The highest BCUT2D eigenvalue weighted by Crippen LogP contribution is 2.19. The molecule has 0 saturated heterocycles. The highest BCUT2D eigenvalue weighted by molar-refractivity contribution is 5.74. The molecule has 1 aromatic rings. The van der Waals surface area contributed by atoms with E-state index in [1.807, 2.05) is 0 Å². The minimum atomic E-state index is 0.663. The van der Waals surface area contributed by atoms with Crippen molar-refractivity contribution in [2.75, 3.05) is 0 Å². The molecule has 0 fully saturated rings. The lowest BCUT2D eigenvalue weighted by atomic mass is 10.1. The van der Waals surface area contributed by atoms with Gasteiger partial charge in [-0.2, -0.15) is 0 Å². The molecule has 0 unspecified atom stereocenters. The van der Waals surface area contributed by atoms with Crippen molar-refractivity contribution in [2.24, 2.45) is 0 Å². The third-order valence-corrected chi connectivity index (χ3v) is 2.66. The number of carbonyl (C=O) groups excluding carboxylic acids is 1. The molecule has 2 rings (SSSR count). The summed E-state index contributed by atoms with van der Waals surface area (Å²) in [5, 5.41) is 0. The third-order valence-electron chi connectivity index (χ3n) is 2.66. The number of imidazole rings is 1. The summed E-state index contributed by atoms with van der Waals surface area (Å²) in [5.41, 5.74) is 1.81. The van der Waals surface area contributed by atoms with E-state index in [2.05, 4.69) is 16.5 Å². The molecule has 70 valence electrons. The van der Waals surface area contributed by atoms with E-state index >= 15 is 0 Å². The lowest BCUT2D eigenvalue weighted by molar-refractivity contribution is 0.111. The van der Waals surface area contributed by atoms with Gasteiger partial charge in [0.15, 0.2) is 6.29 Å². The summed E-state index contributed by atoms with van der Waals surface area (Å²) in [6.45, 7) is 3.12. The zero-order valence-electron chi connectivity index (χ0n) is 7.92. The quantitative estimate of drug-likeness (QED) is 0.645. The highest BCUT2D eigenvalue weighted by atomic mass is 16.1. The van der Waals surface area contributed by atoms with Gasteiger partial charge in [-0.3, -0.25) is 4.79 Å². The van der Waals surface area contributed by atoms with E-state index in [9.17, 15) is 4.79 Å². The van der Waals surface area contributed by atoms with Crippen LogP contribution in [0.3, 0.4) is 0 Å². The van der Waals surface area contributed by atoms with Crippen LogP contribution in [0.15, 0.2) is 0 Å². The van der Waals surface area contributed by atoms with Crippen molar-refractivity contribution in [3.8, 4) is 0 Å². The Kier molecular flexibility index (Phi) is 2.17. The summed E-state index contributed by atoms with van der Waals surface area (Å²) in [5.74, 6) is 1.07. The van der Waals surface area contributed by atoms with Gasteiger partial charge in [0.2, 0.25) is 0 Å². The average molecular weight is 178 g/mol. The van der Waals surface area contributed by atoms with Crippen molar-refractivity contribution in [2.45, 2.75) is 39.2 Å². The summed E-state index contributed by atoms with van der Waals surface area (Å²) in [7, 11) is 0. The predicted molar refractivity (Wildman–Crippen MR) is 49.9 cm³/mol. The molecule has 1 aliphatic rings. The molecule has 0 amide bonds. The van der Waals surface area contributed by atoms with Crippen LogP contribution in [0.4, 0.5) is 0 Å². The molecule has 0 saturated carbocycles. The molecule has 1 aliphatic heterocycles. The van der Waals surface area contributed by atoms with E-state index in [0.29, 0.717) is 5.69 Å². The average Bonchev–Trinajstić information content (AvgIpc) is 2.56. The lowest BCUT2D eigenvalue weighted by Gasteiger charge is -2.16. The van der Waals surface area contributed by atoms with Crippen LogP contribution >= 0.6 is 0 Å². The SMILES string of the molecule is CCc1nc(C=O)c2n1CCCC2. The smallest absolute Gasteiger partial charge is 0.170 e. The van der Waals surface area contributed by atoms with Crippen LogP contribution in [0.1, 0.15) is 41.8 Å². The Labute approximate surface area is 77.8 Å². The fraction of sp³-hybridized carbons (Fsp3) is 0.600. The monoisotopic (exact) mass is 178 g/mol. The summed E-state index contributed by atoms with van der Waals surface area (Å²) in [4.78, 5) is 15.1. The standard InChI is InChI=1S/C10H14N2O/c1-2-10-11-8(7-13)9-5-3-4-6-12(9)10/h7H,2-6H2,1H3. The second kappa shape index (κ2) is 3.32. The van der Waals surface area contributed by atoms with Gasteiger partial charge in [0, 0.05) is 18.7 Å². The van der Waals surface area contributed by atoms with E-state index in [1.54, 1.807) is 0 Å². The zero-order valence-corrected chi connectivity index (χ0v) is 7.92. The zero-order chi connectivity index (χ0) is 9.26. The predicted octanol–water partition coefficient (Wildman–Crippen LogP) is 1.59. The van der Waals surface area contributed by atoms with Gasteiger partial charge in [0.25, 0.3) is 0 Å². The number of aromatic nitrogens is 2. The first-order chi connectivity index (χ1) is 6.36. The molecular weight excluding hydrogens is 164 g/mol. The molecule has 0 aromatic carbocycles. The summed E-state index contributed by atoms with van der Waals surface area (Å²) in [6, 6.07) is 0. The van der Waals surface area contributed by atoms with E-state index in [4.69, 9.17) is 0 Å². The molecule has 0 aliphatic carbocycles. The number of fused-ring (bicyclic) bond motifs is 1. The molecule has 0 N–H and O–H groups in total. The molecule has 2 heterocycles. The van der Waals surface area contributed by atoms with Gasteiger partial charge in [-0.15, -0.1) is 0 Å². The van der Waals surface area contributed by atoms with Gasteiger partial charge in [-0.05, 0) is 19.3 Å². The van der Waals surface area contributed by atoms with Gasteiger partial charge >= 0.3 is 0 Å². The fourth-order valence-corrected chi connectivity index (χ4v) is 2.01. The first-order valence-electron chi connectivity index (χ1n) is 4.90. The van der Waals surface area contributed by atoms with Crippen molar-refractivity contribution in [3.63, 3.8) is 0 Å². The topological polar surface area (TPSA) is 34.9 Å². The molecule has 13 heavy (non-hydrogen) atoms. The lowest BCUT2D eigenvalue weighted by Crippen LogP contribution is -2.12. The second-order valence-corrected chi connectivity index (χ2v) is 3.44. The second-order valence-electron chi connectivity index (χ2n) is 3.44. The Morgan fingerprint density at radius 2 is 2.38 bits per heavy atom. The van der Waals surface area contributed by atoms with Crippen molar-refractivity contribution >= 4 is 6.29 Å². The van der Waals surface area contributed by atoms with Crippen LogP contribution in [0.2, 0.25) is 0 Å². The summed E-state index contributed by atoms with van der Waals surface area (Å²) in [6.07, 6.45) is 5.22. The van der Waals surface area contributed by atoms with Crippen LogP contribution in [-0.4, -0.2) is 15.8 Å². The van der Waals surface area contributed by atoms with Gasteiger partial charge in [0.05, 0.1) is 0 Å². The molecule has 0 atom stereocenters. The Morgan fingerprint density at radius 3 is 3.08 bits per heavy atom. The molecule has 3 heteroatoms. The molecule has 1 aromatic heterocycles. The van der Waals surface area contributed by atoms with Crippen molar-refractivity contribution in [3.05, 3.63) is 17.2 Å². The van der Waals surface area contributed by atoms with E-state index in [1.165, 1.54) is 12.8 Å². The molecular formula is C10H14N2O. The molecule has 0 spiro atoms. The number of rotatable bonds is 2. The van der Waals surface area contributed by atoms with E-state index in [-0.39, 0.29) is 0 Å². The minimum absolute atomic E-state index is 0.663. The molecule has 0 radical (unpaired) electrons. The van der Waals surface area contributed by atoms with E-state index in [0.717, 1.165) is 37.2 Å². The van der Waals surface area contributed by atoms with Crippen molar-refractivity contribution in [1.82, 2.24) is 9.55 Å². The van der Waals surface area contributed by atoms with Gasteiger partial charge in [-0.1, -0.05) is 6.92 Å². The van der Waals surface area contributed by atoms with Crippen LogP contribution in [0.5, 0.6) is 0 Å². The number of hydrogen-bond acceptors (Lipinski definition) is 2. The minimum Gasteiger partial charge on any atom is -0.331 e. The Balaban J connectivity index is 2.50. The van der Waals surface area contributed by atoms with Gasteiger partial charge in [0.1, 0.15) is 11.5 Å². The summed E-state index contributed by atoms with van der Waals surface area (Å²) < 4.78 is 2.22. The number of carbonyl (C=O) groups is 1. The molecule has 0 bridgehead atoms. The Bertz CT molecular complexity index is 328. The van der Waals surface area contributed by atoms with Crippen molar-refractivity contribution < 1.29 is 4.79 Å². The maximum absolute atomic E-state index is 10.7. The van der Waals surface area contributed by atoms with Crippen molar-refractivity contribution in [1.29, 1.82) is 0 Å². The van der Waals surface area contributed by atoms with Gasteiger partial charge in [-0.25, -0.2) is 4.98 Å². The van der Waals surface area contributed by atoms with Crippen LogP contribution in [0.25, 0.3) is 0 Å². The highest BCUT2D eigenvalue weighted by Gasteiger charge is 2.17.